The van der Waals surface area contributed by atoms with E-state index < -0.39 is 0 Å². The maximum absolute atomic E-state index is 12.9. The first-order valence-corrected chi connectivity index (χ1v) is 7.34. The van der Waals surface area contributed by atoms with Crippen LogP contribution < -0.4 is 20.9 Å². The van der Waals surface area contributed by atoms with Crippen LogP contribution in [0.3, 0.4) is 0 Å². The second-order valence-electron chi connectivity index (χ2n) is 4.82. The Hall–Kier alpha value is -3.09. The van der Waals surface area contributed by atoms with Crippen LogP contribution in [0.2, 0.25) is 0 Å². The van der Waals surface area contributed by atoms with Crippen molar-refractivity contribution in [3.63, 3.8) is 0 Å². The molecule has 0 saturated carbocycles. The van der Waals surface area contributed by atoms with Crippen LogP contribution in [0.25, 0.3) is 0 Å². The third-order valence-electron chi connectivity index (χ3n) is 2.96. The molecular weight excluding hydrogens is 311 g/mol. The molecule has 0 aliphatic heterocycles. The van der Waals surface area contributed by atoms with Crippen molar-refractivity contribution in [1.29, 1.82) is 0 Å². The zero-order valence-electron chi connectivity index (χ0n) is 13.3. The Balaban J connectivity index is 2.12. The number of benzene rings is 2. The van der Waals surface area contributed by atoms with Gasteiger partial charge in [0.2, 0.25) is 5.96 Å². The summed E-state index contributed by atoms with van der Waals surface area (Å²) in [6.07, 6.45) is 1.51. The minimum absolute atomic E-state index is 0.115. The summed E-state index contributed by atoms with van der Waals surface area (Å²) in [5, 5.41) is 7.29. The molecule has 2 aromatic carbocycles. The first-order valence-electron chi connectivity index (χ1n) is 7.34. The zero-order valence-corrected chi connectivity index (χ0v) is 13.3. The maximum Gasteiger partial charge on any atom is 0.211 e. The van der Waals surface area contributed by atoms with Crippen LogP contribution in [-0.2, 0) is 6.61 Å². The number of nitrogens with zero attached hydrogens (tertiary/aromatic N) is 2. The molecule has 0 amide bonds. The van der Waals surface area contributed by atoms with Crippen LogP contribution in [-0.4, -0.2) is 18.8 Å². The molecule has 0 atom stereocenters. The normalized spacial score (nSPS) is 10.6. The van der Waals surface area contributed by atoms with E-state index in [2.05, 4.69) is 10.2 Å². The van der Waals surface area contributed by atoms with Crippen LogP contribution in [0.4, 0.5) is 4.39 Å². The predicted octanol–water partition coefficient (Wildman–Crippen LogP) is 2.41. The van der Waals surface area contributed by atoms with Gasteiger partial charge in [0.1, 0.15) is 12.4 Å². The van der Waals surface area contributed by atoms with E-state index in [1.807, 2.05) is 6.92 Å². The standard InChI is InChI=1S/C17H19FN4O2/c1-2-23-16-9-13(10-21-22-17(19)20)5-8-15(16)24-11-12-3-6-14(18)7-4-12/h3-10H,2,11H2,1H3,(H4,19,20,22). The van der Waals surface area contributed by atoms with Crippen molar-refractivity contribution in [3.8, 4) is 11.5 Å². The van der Waals surface area contributed by atoms with E-state index in [4.69, 9.17) is 20.9 Å². The van der Waals surface area contributed by atoms with Crippen LogP contribution >= 0.6 is 0 Å². The van der Waals surface area contributed by atoms with Gasteiger partial charge in [0, 0.05) is 0 Å². The largest absolute Gasteiger partial charge is 0.490 e. The summed E-state index contributed by atoms with van der Waals surface area (Å²) in [7, 11) is 0. The predicted molar refractivity (Wildman–Crippen MR) is 91.7 cm³/mol. The molecule has 4 N–H and O–H groups in total. The van der Waals surface area contributed by atoms with Gasteiger partial charge in [-0.2, -0.15) is 5.10 Å². The first kappa shape index (κ1) is 17.3. The number of guanidine groups is 1. The lowest BCUT2D eigenvalue weighted by Crippen LogP contribution is -2.21. The molecule has 0 aliphatic carbocycles. The number of rotatable bonds is 7. The van der Waals surface area contributed by atoms with Gasteiger partial charge in [0.15, 0.2) is 11.5 Å². The van der Waals surface area contributed by atoms with Gasteiger partial charge in [-0.15, -0.1) is 5.10 Å². The lowest BCUT2D eigenvalue weighted by Gasteiger charge is -2.12. The van der Waals surface area contributed by atoms with Gasteiger partial charge in [-0.25, -0.2) is 4.39 Å². The third-order valence-corrected chi connectivity index (χ3v) is 2.96. The second kappa shape index (κ2) is 8.52. The van der Waals surface area contributed by atoms with Gasteiger partial charge in [-0.3, -0.25) is 0 Å². The molecule has 6 nitrogen and oxygen atoms in total. The quantitative estimate of drug-likeness (QED) is 0.463. The van der Waals surface area contributed by atoms with Crippen LogP contribution in [0, 0.1) is 5.82 Å². The summed E-state index contributed by atoms with van der Waals surface area (Å²) < 4.78 is 24.2. The van der Waals surface area contributed by atoms with Gasteiger partial charge in [0.05, 0.1) is 12.8 Å². The third kappa shape index (κ3) is 5.28. The summed E-state index contributed by atoms with van der Waals surface area (Å²) in [5.74, 6) is 0.766. The van der Waals surface area contributed by atoms with E-state index in [-0.39, 0.29) is 11.8 Å². The molecule has 0 bridgehead atoms. The van der Waals surface area contributed by atoms with E-state index in [9.17, 15) is 4.39 Å². The van der Waals surface area contributed by atoms with Gasteiger partial charge in [0.25, 0.3) is 0 Å². The molecule has 0 radical (unpaired) electrons. The average Bonchev–Trinajstić information content (AvgIpc) is 2.55. The van der Waals surface area contributed by atoms with Crippen molar-refractivity contribution in [2.45, 2.75) is 13.5 Å². The lowest BCUT2D eigenvalue weighted by atomic mass is 10.2. The number of hydrogen-bond acceptors (Lipinski definition) is 4. The van der Waals surface area contributed by atoms with Gasteiger partial charge in [-0.1, -0.05) is 12.1 Å². The topological polar surface area (TPSA) is 95.2 Å². The highest BCUT2D eigenvalue weighted by molar-refractivity contribution is 5.82. The number of halogens is 1. The average molecular weight is 330 g/mol. The van der Waals surface area contributed by atoms with Crippen molar-refractivity contribution >= 4 is 12.2 Å². The van der Waals surface area contributed by atoms with Crippen LogP contribution in [0.5, 0.6) is 11.5 Å². The minimum Gasteiger partial charge on any atom is -0.490 e. The molecule has 0 fully saturated rings. The minimum atomic E-state index is -0.279. The van der Waals surface area contributed by atoms with E-state index in [0.717, 1.165) is 11.1 Å². The highest BCUT2D eigenvalue weighted by Gasteiger charge is 2.06. The summed E-state index contributed by atoms with van der Waals surface area (Å²) >= 11 is 0. The van der Waals surface area contributed by atoms with Gasteiger partial charge >= 0.3 is 0 Å². The molecule has 0 unspecified atom stereocenters. The van der Waals surface area contributed by atoms with Crippen molar-refractivity contribution < 1.29 is 13.9 Å². The molecule has 0 aromatic heterocycles. The number of hydrogen-bond donors (Lipinski definition) is 2. The molecule has 7 heteroatoms. The summed E-state index contributed by atoms with van der Waals surface area (Å²) in [5.41, 5.74) is 12.0. The fourth-order valence-electron chi connectivity index (χ4n) is 1.90. The monoisotopic (exact) mass is 330 g/mol. The fraction of sp³-hybridized carbons (Fsp3) is 0.176. The first-order chi connectivity index (χ1) is 11.6. The SMILES string of the molecule is CCOc1cc(C=NN=C(N)N)ccc1OCc1ccc(F)cc1. The maximum atomic E-state index is 12.9. The summed E-state index contributed by atoms with van der Waals surface area (Å²) in [6, 6.07) is 11.5. The van der Waals surface area contributed by atoms with Gasteiger partial charge < -0.3 is 20.9 Å². The van der Waals surface area contributed by atoms with E-state index >= 15 is 0 Å². The molecule has 24 heavy (non-hydrogen) atoms. The molecule has 2 rings (SSSR count). The molecule has 2 aromatic rings. The van der Waals surface area contributed by atoms with E-state index in [0.29, 0.717) is 24.7 Å². The second-order valence-corrected chi connectivity index (χ2v) is 4.82. The summed E-state index contributed by atoms with van der Waals surface area (Å²) in [6.45, 7) is 2.67. The fourth-order valence-corrected chi connectivity index (χ4v) is 1.90. The molecule has 0 heterocycles. The number of nitrogens with two attached hydrogens (primary N) is 2. The zero-order chi connectivity index (χ0) is 17.4. The lowest BCUT2D eigenvalue weighted by molar-refractivity contribution is 0.269. The number of ether oxygens (including phenoxy) is 2. The Bertz CT molecular complexity index is 726. The summed E-state index contributed by atoms with van der Waals surface area (Å²) in [4.78, 5) is 0. The Morgan fingerprint density at radius 1 is 1.08 bits per heavy atom. The van der Waals surface area contributed by atoms with Crippen LogP contribution in [0.15, 0.2) is 52.7 Å². The Kier molecular flexibility index (Phi) is 6.13. The molecule has 0 aliphatic rings. The Morgan fingerprint density at radius 3 is 2.50 bits per heavy atom. The highest BCUT2D eigenvalue weighted by atomic mass is 19.1. The highest BCUT2D eigenvalue weighted by Crippen LogP contribution is 2.29. The van der Waals surface area contributed by atoms with Gasteiger partial charge in [-0.05, 0) is 48.4 Å². The van der Waals surface area contributed by atoms with Crippen molar-refractivity contribution in [2.75, 3.05) is 6.61 Å². The Morgan fingerprint density at radius 2 is 1.83 bits per heavy atom. The van der Waals surface area contributed by atoms with Crippen molar-refractivity contribution in [3.05, 3.63) is 59.4 Å². The van der Waals surface area contributed by atoms with Crippen molar-refractivity contribution in [1.82, 2.24) is 0 Å². The smallest absolute Gasteiger partial charge is 0.211 e. The van der Waals surface area contributed by atoms with Crippen LogP contribution in [0.1, 0.15) is 18.1 Å². The molecule has 0 saturated heterocycles. The Labute approximate surface area is 139 Å². The molecule has 0 spiro atoms. The van der Waals surface area contributed by atoms with Crippen molar-refractivity contribution in [2.24, 2.45) is 21.7 Å². The molecular formula is C17H19FN4O2. The molecule has 126 valence electrons. The van der Waals surface area contributed by atoms with E-state index in [1.165, 1.54) is 18.3 Å². The van der Waals surface area contributed by atoms with E-state index in [1.54, 1.807) is 30.3 Å².